The number of nitrogens with one attached hydrogen (secondary N) is 1. The normalized spacial score (nSPS) is 15.6. The van der Waals surface area contributed by atoms with Crippen molar-refractivity contribution < 1.29 is 13.2 Å². The molecule has 0 saturated heterocycles. The number of hydrogen-bond donors (Lipinski definition) is 1. The number of rotatable bonds is 4. The molecular weight excluding hydrogens is 372 g/mol. The first-order chi connectivity index (χ1) is 13.4. The molecule has 4 rings (SSSR count). The molecule has 0 fully saturated rings. The maximum absolute atomic E-state index is 13.1. The van der Waals surface area contributed by atoms with E-state index in [4.69, 9.17) is 4.74 Å². The third-order valence-electron chi connectivity index (χ3n) is 5.37. The highest BCUT2D eigenvalue weighted by atomic mass is 32.2. The Bertz CT molecular complexity index is 1180. The van der Waals surface area contributed by atoms with Crippen LogP contribution in [-0.2, 0) is 10.0 Å². The molecule has 146 valence electrons. The van der Waals surface area contributed by atoms with Gasteiger partial charge in [-0.3, -0.25) is 0 Å². The van der Waals surface area contributed by atoms with E-state index in [0.717, 1.165) is 38.9 Å². The minimum absolute atomic E-state index is 0.377. The number of sulfonamides is 1. The first kappa shape index (κ1) is 18.8. The molecule has 28 heavy (non-hydrogen) atoms. The number of aromatic nitrogens is 1. The van der Waals surface area contributed by atoms with Crippen LogP contribution in [0.4, 0.5) is 0 Å². The number of ether oxygens (including phenoxy) is 1. The number of aromatic amines is 1. The predicted molar refractivity (Wildman–Crippen MR) is 112 cm³/mol. The first-order valence-corrected chi connectivity index (χ1v) is 10.8. The van der Waals surface area contributed by atoms with Crippen molar-refractivity contribution in [3.63, 3.8) is 0 Å². The molecule has 3 aromatic rings. The smallest absolute Gasteiger partial charge is 0.243 e. The van der Waals surface area contributed by atoms with Gasteiger partial charge in [0.15, 0.2) is 0 Å². The topological polar surface area (TPSA) is 62.4 Å². The number of hydrogen-bond acceptors (Lipinski definition) is 3. The zero-order valence-corrected chi connectivity index (χ0v) is 17.1. The van der Waals surface area contributed by atoms with Gasteiger partial charge in [-0.1, -0.05) is 18.2 Å². The molecule has 0 bridgehead atoms. The van der Waals surface area contributed by atoms with Crippen molar-refractivity contribution in [2.24, 2.45) is 0 Å². The summed E-state index contributed by atoms with van der Waals surface area (Å²) < 4.78 is 33.2. The number of methoxy groups -OCH3 is 1. The van der Waals surface area contributed by atoms with Crippen LogP contribution in [0.1, 0.15) is 23.1 Å². The SMILES string of the molecule is COc1ccc2[nH]cc(C3=CCN(S(=O)(=O)c4cc(C)ccc4C)CC3)c2c1. The number of H-pyrrole nitrogens is 1. The van der Waals surface area contributed by atoms with E-state index in [9.17, 15) is 8.42 Å². The molecule has 2 aromatic carbocycles. The quantitative estimate of drug-likeness (QED) is 0.716. The van der Waals surface area contributed by atoms with E-state index in [-0.39, 0.29) is 0 Å². The van der Waals surface area contributed by atoms with Crippen LogP contribution in [0.5, 0.6) is 5.75 Å². The molecule has 2 heterocycles. The van der Waals surface area contributed by atoms with E-state index in [1.165, 1.54) is 0 Å². The molecule has 0 amide bonds. The van der Waals surface area contributed by atoms with E-state index >= 15 is 0 Å². The molecule has 6 heteroatoms. The van der Waals surface area contributed by atoms with E-state index in [2.05, 4.69) is 4.98 Å². The summed E-state index contributed by atoms with van der Waals surface area (Å²) in [7, 11) is -1.84. The molecule has 0 unspecified atom stereocenters. The average Bonchev–Trinajstić information content (AvgIpc) is 3.13. The van der Waals surface area contributed by atoms with Crippen molar-refractivity contribution in [2.45, 2.75) is 25.2 Å². The van der Waals surface area contributed by atoms with Gasteiger partial charge in [-0.2, -0.15) is 4.31 Å². The Morgan fingerprint density at radius 1 is 1.11 bits per heavy atom. The summed E-state index contributed by atoms with van der Waals surface area (Å²) in [6, 6.07) is 11.5. The highest BCUT2D eigenvalue weighted by Gasteiger charge is 2.28. The van der Waals surface area contributed by atoms with Crippen LogP contribution < -0.4 is 4.74 Å². The fraction of sp³-hybridized carbons (Fsp3) is 0.273. The van der Waals surface area contributed by atoms with Crippen molar-refractivity contribution in [2.75, 3.05) is 20.2 Å². The van der Waals surface area contributed by atoms with Crippen LogP contribution in [0.15, 0.2) is 53.6 Å². The Hall–Kier alpha value is -2.57. The molecule has 0 spiro atoms. The number of benzene rings is 2. The van der Waals surface area contributed by atoms with Crippen molar-refractivity contribution in [3.05, 3.63) is 65.4 Å². The van der Waals surface area contributed by atoms with E-state index in [1.807, 2.05) is 56.5 Å². The molecule has 0 aliphatic carbocycles. The Kier molecular flexibility index (Phi) is 4.77. The van der Waals surface area contributed by atoms with Crippen LogP contribution in [0, 0.1) is 13.8 Å². The minimum Gasteiger partial charge on any atom is -0.497 e. The van der Waals surface area contributed by atoms with Crippen LogP contribution in [0.3, 0.4) is 0 Å². The van der Waals surface area contributed by atoms with Gasteiger partial charge in [-0.05, 0) is 61.2 Å². The Morgan fingerprint density at radius 3 is 2.64 bits per heavy atom. The van der Waals surface area contributed by atoms with Crippen LogP contribution >= 0.6 is 0 Å². The lowest BCUT2D eigenvalue weighted by Gasteiger charge is -2.26. The van der Waals surface area contributed by atoms with E-state index in [1.54, 1.807) is 17.5 Å². The van der Waals surface area contributed by atoms with Crippen LogP contribution in [-0.4, -0.2) is 37.9 Å². The Balaban J connectivity index is 1.64. The fourth-order valence-electron chi connectivity index (χ4n) is 3.73. The first-order valence-electron chi connectivity index (χ1n) is 9.32. The minimum atomic E-state index is -3.50. The molecule has 1 aliphatic heterocycles. The zero-order valence-electron chi connectivity index (χ0n) is 16.3. The van der Waals surface area contributed by atoms with Gasteiger partial charge in [-0.25, -0.2) is 8.42 Å². The molecule has 0 atom stereocenters. The highest BCUT2D eigenvalue weighted by molar-refractivity contribution is 7.89. The number of nitrogens with zero attached hydrogens (tertiary/aromatic N) is 1. The molecule has 0 saturated carbocycles. The third kappa shape index (κ3) is 3.23. The predicted octanol–water partition coefficient (Wildman–Crippen LogP) is 4.27. The van der Waals surface area contributed by atoms with Crippen molar-refractivity contribution in [1.82, 2.24) is 9.29 Å². The monoisotopic (exact) mass is 396 g/mol. The van der Waals surface area contributed by atoms with Gasteiger partial charge in [0.25, 0.3) is 0 Å². The van der Waals surface area contributed by atoms with Gasteiger partial charge in [0.2, 0.25) is 10.0 Å². The average molecular weight is 397 g/mol. The Labute approximate surface area is 165 Å². The molecule has 1 aromatic heterocycles. The van der Waals surface area contributed by atoms with E-state index in [0.29, 0.717) is 24.4 Å². The van der Waals surface area contributed by atoms with Gasteiger partial charge >= 0.3 is 0 Å². The molecule has 1 N–H and O–H groups in total. The van der Waals surface area contributed by atoms with Gasteiger partial charge in [0.1, 0.15) is 5.75 Å². The summed E-state index contributed by atoms with van der Waals surface area (Å²) in [5, 5.41) is 1.09. The van der Waals surface area contributed by atoms with Crippen LogP contribution in [0.25, 0.3) is 16.5 Å². The molecule has 5 nitrogen and oxygen atoms in total. The second-order valence-electron chi connectivity index (χ2n) is 7.23. The zero-order chi connectivity index (χ0) is 19.9. The van der Waals surface area contributed by atoms with Crippen LogP contribution in [0.2, 0.25) is 0 Å². The Morgan fingerprint density at radius 2 is 1.93 bits per heavy atom. The highest BCUT2D eigenvalue weighted by Crippen LogP contribution is 2.33. The maximum Gasteiger partial charge on any atom is 0.243 e. The largest absolute Gasteiger partial charge is 0.497 e. The van der Waals surface area contributed by atoms with Crippen molar-refractivity contribution in [3.8, 4) is 5.75 Å². The lowest BCUT2D eigenvalue weighted by atomic mass is 9.99. The summed E-state index contributed by atoms with van der Waals surface area (Å²) in [4.78, 5) is 3.69. The summed E-state index contributed by atoms with van der Waals surface area (Å²) >= 11 is 0. The lowest BCUT2D eigenvalue weighted by Crippen LogP contribution is -2.35. The second-order valence-corrected chi connectivity index (χ2v) is 9.13. The summed E-state index contributed by atoms with van der Waals surface area (Å²) in [5.41, 5.74) is 5.04. The van der Waals surface area contributed by atoms with Gasteiger partial charge in [-0.15, -0.1) is 0 Å². The molecular formula is C22H24N2O3S. The standard InChI is InChI=1S/C22H24N2O3S/c1-15-4-5-16(2)22(12-15)28(25,26)24-10-8-17(9-11-24)20-14-23-21-7-6-18(27-3)13-19(20)21/h4-8,12-14,23H,9-11H2,1-3H3. The summed E-state index contributed by atoms with van der Waals surface area (Å²) in [5.74, 6) is 0.809. The number of fused-ring (bicyclic) bond motifs is 1. The maximum atomic E-state index is 13.1. The van der Waals surface area contributed by atoms with Gasteiger partial charge in [0.05, 0.1) is 12.0 Å². The molecule has 1 aliphatic rings. The van der Waals surface area contributed by atoms with Crippen molar-refractivity contribution >= 4 is 26.5 Å². The third-order valence-corrected chi connectivity index (χ3v) is 7.38. The second kappa shape index (κ2) is 7.11. The van der Waals surface area contributed by atoms with Crippen molar-refractivity contribution in [1.29, 1.82) is 0 Å². The van der Waals surface area contributed by atoms with Gasteiger partial charge in [0, 0.05) is 35.8 Å². The van der Waals surface area contributed by atoms with E-state index < -0.39 is 10.0 Å². The number of aryl methyl sites for hydroxylation is 2. The lowest BCUT2D eigenvalue weighted by molar-refractivity contribution is 0.415. The fourth-order valence-corrected chi connectivity index (χ4v) is 5.42. The summed E-state index contributed by atoms with van der Waals surface area (Å²) in [6.07, 6.45) is 4.69. The molecule has 0 radical (unpaired) electrons. The van der Waals surface area contributed by atoms with Gasteiger partial charge < -0.3 is 9.72 Å². The summed E-state index contributed by atoms with van der Waals surface area (Å²) in [6.45, 7) is 4.61.